The van der Waals surface area contributed by atoms with Gasteiger partial charge in [0, 0.05) is 18.1 Å². The van der Waals surface area contributed by atoms with Crippen LogP contribution in [0.2, 0.25) is 0 Å². The standard InChI is InChI=1S/C16H17N3O5S/c1-12-7-9-14(11-15(12)19(21)22)25(23,24)18-17-16(20)10-8-13-5-3-2-4-6-13/h2-7,9,11,18H,8,10H2,1H3,(H,17,20). The van der Waals surface area contributed by atoms with Crippen LogP contribution < -0.4 is 10.3 Å². The fourth-order valence-electron chi connectivity index (χ4n) is 2.10. The lowest BCUT2D eigenvalue weighted by atomic mass is 10.1. The normalized spacial score (nSPS) is 11.1. The molecular weight excluding hydrogens is 346 g/mol. The van der Waals surface area contributed by atoms with Crippen LogP contribution in [0, 0.1) is 17.0 Å². The van der Waals surface area contributed by atoms with Crippen molar-refractivity contribution in [3.05, 3.63) is 69.8 Å². The third kappa shape index (κ3) is 5.10. The molecule has 0 aliphatic carbocycles. The van der Waals surface area contributed by atoms with E-state index >= 15 is 0 Å². The number of carbonyl (C=O) groups is 1. The number of hydrogen-bond donors (Lipinski definition) is 2. The van der Waals surface area contributed by atoms with Gasteiger partial charge in [0.05, 0.1) is 9.82 Å². The number of nitrogens with zero attached hydrogens (tertiary/aromatic N) is 1. The number of aryl methyl sites for hydroxylation is 2. The maximum absolute atomic E-state index is 12.1. The summed E-state index contributed by atoms with van der Waals surface area (Å²) in [6, 6.07) is 12.8. The molecule has 0 saturated heterocycles. The Balaban J connectivity index is 1.98. The first-order valence-corrected chi connectivity index (χ1v) is 8.87. The van der Waals surface area contributed by atoms with Crippen molar-refractivity contribution in [3.8, 4) is 0 Å². The van der Waals surface area contributed by atoms with E-state index in [-0.39, 0.29) is 17.0 Å². The Bertz CT molecular complexity index is 882. The lowest BCUT2D eigenvalue weighted by Crippen LogP contribution is -2.41. The lowest BCUT2D eigenvalue weighted by molar-refractivity contribution is -0.385. The molecule has 2 rings (SSSR count). The van der Waals surface area contributed by atoms with Crippen LogP contribution in [0.15, 0.2) is 53.4 Å². The van der Waals surface area contributed by atoms with E-state index in [1.54, 1.807) is 0 Å². The molecule has 2 aromatic rings. The molecule has 0 atom stereocenters. The summed E-state index contributed by atoms with van der Waals surface area (Å²) in [5.74, 6) is -0.506. The number of hydrazine groups is 1. The van der Waals surface area contributed by atoms with Crippen molar-refractivity contribution in [2.75, 3.05) is 0 Å². The molecule has 8 nitrogen and oxygen atoms in total. The molecule has 0 unspecified atom stereocenters. The first-order chi connectivity index (χ1) is 11.8. The zero-order chi connectivity index (χ0) is 18.4. The molecular formula is C16H17N3O5S. The van der Waals surface area contributed by atoms with E-state index in [4.69, 9.17) is 0 Å². The molecule has 9 heteroatoms. The highest BCUT2D eigenvalue weighted by molar-refractivity contribution is 7.89. The first-order valence-electron chi connectivity index (χ1n) is 7.39. The second-order valence-electron chi connectivity index (χ2n) is 5.34. The van der Waals surface area contributed by atoms with Gasteiger partial charge in [0.1, 0.15) is 0 Å². The number of benzene rings is 2. The number of carbonyl (C=O) groups excluding carboxylic acids is 1. The van der Waals surface area contributed by atoms with Crippen LogP contribution in [-0.2, 0) is 21.2 Å². The Kier molecular flexibility index (Phi) is 5.84. The topological polar surface area (TPSA) is 118 Å². The summed E-state index contributed by atoms with van der Waals surface area (Å²) in [4.78, 5) is 23.7. The van der Waals surface area contributed by atoms with Crippen LogP contribution in [-0.4, -0.2) is 19.2 Å². The summed E-state index contributed by atoms with van der Waals surface area (Å²) in [6.07, 6.45) is 0.560. The van der Waals surface area contributed by atoms with Crippen LogP contribution in [0.4, 0.5) is 5.69 Å². The number of amides is 1. The first kappa shape index (κ1) is 18.6. The van der Waals surface area contributed by atoms with Crippen molar-refractivity contribution in [3.63, 3.8) is 0 Å². The molecule has 0 spiro atoms. The highest BCUT2D eigenvalue weighted by Gasteiger charge is 2.20. The summed E-state index contributed by atoms with van der Waals surface area (Å²) in [7, 11) is -4.10. The largest absolute Gasteiger partial charge is 0.278 e. The Labute approximate surface area is 145 Å². The Hall–Kier alpha value is -2.78. The maximum Gasteiger partial charge on any atom is 0.273 e. The van der Waals surface area contributed by atoms with Gasteiger partial charge in [-0.3, -0.25) is 20.3 Å². The van der Waals surface area contributed by atoms with E-state index in [0.29, 0.717) is 12.0 Å². The number of hydrogen-bond acceptors (Lipinski definition) is 5. The monoisotopic (exact) mass is 363 g/mol. The highest BCUT2D eigenvalue weighted by Crippen LogP contribution is 2.21. The molecule has 0 aromatic heterocycles. The third-order valence-electron chi connectivity index (χ3n) is 3.50. The smallest absolute Gasteiger partial charge is 0.273 e. The van der Waals surface area contributed by atoms with Crippen molar-refractivity contribution >= 4 is 21.6 Å². The molecule has 0 aliphatic rings. The molecule has 0 radical (unpaired) electrons. The maximum atomic E-state index is 12.1. The molecule has 132 valence electrons. The zero-order valence-electron chi connectivity index (χ0n) is 13.4. The predicted molar refractivity (Wildman–Crippen MR) is 91.1 cm³/mol. The number of sulfonamides is 1. The molecule has 0 aliphatic heterocycles. The van der Waals surface area contributed by atoms with Gasteiger partial charge in [0.25, 0.3) is 15.7 Å². The number of rotatable bonds is 7. The molecule has 0 saturated carbocycles. The fourth-order valence-corrected chi connectivity index (χ4v) is 2.98. The van der Waals surface area contributed by atoms with Gasteiger partial charge in [-0.1, -0.05) is 36.4 Å². The summed E-state index contributed by atoms with van der Waals surface area (Å²) < 4.78 is 24.3. The van der Waals surface area contributed by atoms with Crippen LogP contribution in [0.5, 0.6) is 0 Å². The molecule has 2 N–H and O–H groups in total. The SMILES string of the molecule is Cc1ccc(S(=O)(=O)NNC(=O)CCc2ccccc2)cc1[N+](=O)[O-]. The summed E-state index contributed by atoms with van der Waals surface area (Å²) in [5.41, 5.74) is 3.10. The number of nitro groups is 1. The summed E-state index contributed by atoms with van der Waals surface area (Å²) in [6.45, 7) is 1.51. The minimum absolute atomic E-state index is 0.0978. The van der Waals surface area contributed by atoms with Gasteiger partial charge in [-0.25, -0.2) is 8.42 Å². The van der Waals surface area contributed by atoms with Gasteiger partial charge in [0.15, 0.2) is 0 Å². The van der Waals surface area contributed by atoms with E-state index < -0.39 is 20.9 Å². The second kappa shape index (κ2) is 7.86. The van der Waals surface area contributed by atoms with Gasteiger partial charge in [0.2, 0.25) is 5.91 Å². The van der Waals surface area contributed by atoms with E-state index in [9.17, 15) is 23.3 Å². The van der Waals surface area contributed by atoms with Crippen molar-refractivity contribution in [2.24, 2.45) is 0 Å². The zero-order valence-corrected chi connectivity index (χ0v) is 14.2. The minimum atomic E-state index is -4.10. The van der Waals surface area contributed by atoms with Crippen molar-refractivity contribution in [1.29, 1.82) is 0 Å². The van der Waals surface area contributed by atoms with Crippen LogP contribution in [0.3, 0.4) is 0 Å². The van der Waals surface area contributed by atoms with Crippen molar-refractivity contribution in [1.82, 2.24) is 10.3 Å². The van der Waals surface area contributed by atoms with Gasteiger partial charge >= 0.3 is 0 Å². The van der Waals surface area contributed by atoms with Crippen molar-refractivity contribution in [2.45, 2.75) is 24.7 Å². The molecule has 25 heavy (non-hydrogen) atoms. The van der Waals surface area contributed by atoms with E-state index in [1.165, 1.54) is 19.1 Å². The molecule has 1 amide bonds. The Morgan fingerprint density at radius 1 is 1.16 bits per heavy atom. The van der Waals surface area contributed by atoms with Gasteiger partial charge < -0.3 is 0 Å². The average Bonchev–Trinajstić information content (AvgIpc) is 2.59. The van der Waals surface area contributed by atoms with E-state index in [1.807, 2.05) is 35.2 Å². The quantitative estimate of drug-likeness (QED) is 0.575. The molecule has 0 fully saturated rings. The predicted octanol–water partition coefficient (Wildman–Crippen LogP) is 1.85. The second-order valence-corrected chi connectivity index (χ2v) is 7.03. The van der Waals surface area contributed by atoms with Crippen LogP contribution in [0.1, 0.15) is 17.5 Å². The number of nitro benzene ring substituents is 1. The van der Waals surface area contributed by atoms with Gasteiger partial charge in [-0.05, 0) is 25.0 Å². The van der Waals surface area contributed by atoms with Crippen LogP contribution in [0.25, 0.3) is 0 Å². The summed E-state index contributed by atoms with van der Waals surface area (Å²) >= 11 is 0. The van der Waals surface area contributed by atoms with Crippen LogP contribution >= 0.6 is 0 Å². The number of nitrogens with one attached hydrogen (secondary N) is 2. The molecule has 2 aromatic carbocycles. The fraction of sp³-hybridized carbons (Fsp3) is 0.188. The van der Waals surface area contributed by atoms with Gasteiger partial charge in [-0.2, -0.15) is 0 Å². The summed E-state index contributed by atoms with van der Waals surface area (Å²) in [5, 5.41) is 10.9. The minimum Gasteiger partial charge on any atom is -0.278 e. The molecule has 0 heterocycles. The Morgan fingerprint density at radius 2 is 1.84 bits per heavy atom. The molecule has 0 bridgehead atoms. The van der Waals surface area contributed by atoms with Crippen molar-refractivity contribution < 1.29 is 18.1 Å². The Morgan fingerprint density at radius 3 is 2.48 bits per heavy atom. The highest BCUT2D eigenvalue weighted by atomic mass is 32.2. The third-order valence-corrected chi connectivity index (χ3v) is 4.74. The lowest BCUT2D eigenvalue weighted by Gasteiger charge is -2.09. The average molecular weight is 363 g/mol. The van der Waals surface area contributed by atoms with E-state index in [2.05, 4.69) is 5.43 Å². The van der Waals surface area contributed by atoms with Gasteiger partial charge in [-0.15, -0.1) is 4.83 Å². The van der Waals surface area contributed by atoms with E-state index in [0.717, 1.165) is 11.6 Å².